The molecule has 33 heavy (non-hydrogen) atoms. The predicted octanol–water partition coefficient (Wildman–Crippen LogP) is 5.06. The quantitative estimate of drug-likeness (QED) is 0.473. The van der Waals surface area contributed by atoms with Gasteiger partial charge >= 0.3 is 11.9 Å². The fourth-order valence-corrected chi connectivity index (χ4v) is 10.1. The lowest BCUT2D eigenvalue weighted by Gasteiger charge is -2.69. The molecule has 3 saturated carbocycles. The maximum atomic E-state index is 13.3. The van der Waals surface area contributed by atoms with Crippen LogP contribution in [0, 0.1) is 45.3 Å². The molecule has 9 atom stereocenters. The molecule has 0 amide bonds. The monoisotopic (exact) mass is 458 g/mol. The standard InChI is InChI=1S/C28H42O5/c1-16(32-17(2)30)18-8-9-20-26(5)13-10-19-25(3,4)11-7-12-28(19,15-29)21(26)14-22-27(20,6)23(18)24(31)33-22/h8,16,19-23,29H,7,9-15H2,1-6H3/t16-,19-,20-,21-,22-,23-,26+,27-,28-/m1/s1. The molecule has 0 spiro atoms. The minimum Gasteiger partial charge on any atom is -0.461 e. The summed E-state index contributed by atoms with van der Waals surface area (Å²) in [6.07, 6.45) is 9.11. The number of aliphatic hydroxyl groups is 1. The van der Waals surface area contributed by atoms with Crippen LogP contribution in [0.25, 0.3) is 0 Å². The lowest BCUT2D eigenvalue weighted by Crippen LogP contribution is -2.66. The van der Waals surface area contributed by atoms with E-state index >= 15 is 0 Å². The van der Waals surface area contributed by atoms with E-state index in [1.165, 1.54) is 13.3 Å². The molecule has 0 aromatic carbocycles. The Bertz CT molecular complexity index is 891. The molecule has 0 bridgehead atoms. The molecule has 5 rings (SSSR count). The number of carbonyl (C=O) groups excluding carboxylic acids is 2. The Morgan fingerprint density at radius 3 is 2.58 bits per heavy atom. The maximum absolute atomic E-state index is 13.3. The highest BCUT2D eigenvalue weighted by Crippen LogP contribution is 2.74. The Kier molecular flexibility index (Phi) is 5.19. The first-order valence-electron chi connectivity index (χ1n) is 13.1. The van der Waals surface area contributed by atoms with Gasteiger partial charge in [0.1, 0.15) is 12.2 Å². The Morgan fingerprint density at radius 2 is 1.91 bits per heavy atom. The molecule has 0 radical (unpaired) electrons. The number of carbonyl (C=O) groups is 2. The molecule has 0 unspecified atom stereocenters. The number of fused-ring (bicyclic) bond motifs is 4. The van der Waals surface area contributed by atoms with Gasteiger partial charge in [-0.15, -0.1) is 0 Å². The second-order valence-electron chi connectivity index (χ2n) is 13.1. The second kappa shape index (κ2) is 7.32. The molecular formula is C28H42O5. The van der Waals surface area contributed by atoms with Crippen molar-refractivity contribution in [3.63, 3.8) is 0 Å². The van der Waals surface area contributed by atoms with E-state index in [2.05, 4.69) is 33.8 Å². The molecule has 184 valence electrons. The summed E-state index contributed by atoms with van der Waals surface area (Å²) in [7, 11) is 0. The van der Waals surface area contributed by atoms with E-state index in [-0.39, 0.29) is 52.2 Å². The minimum atomic E-state index is -0.416. The summed E-state index contributed by atoms with van der Waals surface area (Å²) in [4.78, 5) is 25.0. The van der Waals surface area contributed by atoms with Crippen LogP contribution in [-0.4, -0.2) is 35.9 Å². The molecule has 0 aromatic heterocycles. The fourth-order valence-electron chi connectivity index (χ4n) is 10.1. The van der Waals surface area contributed by atoms with Crippen molar-refractivity contribution in [1.82, 2.24) is 0 Å². The van der Waals surface area contributed by atoms with Gasteiger partial charge in [0.2, 0.25) is 0 Å². The average molecular weight is 459 g/mol. The first-order chi connectivity index (χ1) is 15.4. The van der Waals surface area contributed by atoms with Crippen LogP contribution in [0.1, 0.15) is 86.5 Å². The van der Waals surface area contributed by atoms with Gasteiger partial charge in [0.25, 0.3) is 0 Å². The minimum absolute atomic E-state index is 0.0524. The number of allylic oxidation sites excluding steroid dienone is 1. The zero-order valence-corrected chi connectivity index (χ0v) is 21.3. The van der Waals surface area contributed by atoms with Crippen LogP contribution < -0.4 is 0 Å². The van der Waals surface area contributed by atoms with Gasteiger partial charge in [-0.3, -0.25) is 9.59 Å². The van der Waals surface area contributed by atoms with Crippen LogP contribution in [-0.2, 0) is 19.1 Å². The van der Waals surface area contributed by atoms with Crippen molar-refractivity contribution in [2.45, 2.75) is 98.7 Å². The molecule has 1 aliphatic heterocycles. The van der Waals surface area contributed by atoms with E-state index in [4.69, 9.17) is 9.47 Å². The smallest absolute Gasteiger partial charge is 0.314 e. The third kappa shape index (κ3) is 2.93. The Morgan fingerprint density at radius 1 is 1.18 bits per heavy atom. The number of hydrogen-bond acceptors (Lipinski definition) is 5. The van der Waals surface area contributed by atoms with Crippen molar-refractivity contribution in [3.8, 4) is 0 Å². The summed E-state index contributed by atoms with van der Waals surface area (Å²) >= 11 is 0. The highest BCUT2D eigenvalue weighted by molar-refractivity contribution is 5.81. The van der Waals surface area contributed by atoms with Gasteiger partial charge in [-0.25, -0.2) is 0 Å². The van der Waals surface area contributed by atoms with E-state index in [9.17, 15) is 14.7 Å². The summed E-state index contributed by atoms with van der Waals surface area (Å²) in [5, 5.41) is 11.0. The van der Waals surface area contributed by atoms with Crippen LogP contribution in [0.2, 0.25) is 0 Å². The van der Waals surface area contributed by atoms with Crippen LogP contribution >= 0.6 is 0 Å². The summed E-state index contributed by atoms with van der Waals surface area (Å²) in [6, 6.07) is 0. The number of rotatable bonds is 3. The van der Waals surface area contributed by atoms with Gasteiger partial charge in [0.15, 0.2) is 0 Å². The SMILES string of the molecule is CC(=O)O[C@H](C)C1=CC[C@@H]2[C@]3(C)CC[C@@H]4C(C)(C)CCC[C@]4(CO)[C@@H]3C[C@H]3OC(=O)[C@@H]1[C@]23C. The van der Waals surface area contributed by atoms with E-state index in [0.29, 0.717) is 17.8 Å². The van der Waals surface area contributed by atoms with Gasteiger partial charge < -0.3 is 14.6 Å². The fraction of sp³-hybridized carbons (Fsp3) is 0.857. The molecule has 0 aromatic rings. The lowest BCUT2D eigenvalue weighted by atomic mass is 9.34. The summed E-state index contributed by atoms with van der Waals surface area (Å²) < 4.78 is 11.7. The molecule has 4 fully saturated rings. The largest absolute Gasteiger partial charge is 0.461 e. The van der Waals surface area contributed by atoms with Gasteiger partial charge in [0, 0.05) is 24.4 Å². The first-order valence-corrected chi connectivity index (χ1v) is 13.1. The number of ether oxygens (including phenoxy) is 2. The Labute approximate surface area is 198 Å². The summed E-state index contributed by atoms with van der Waals surface area (Å²) in [5.41, 5.74) is 0.820. The maximum Gasteiger partial charge on any atom is 0.314 e. The predicted molar refractivity (Wildman–Crippen MR) is 125 cm³/mol. The molecule has 5 aliphatic rings. The summed E-state index contributed by atoms with van der Waals surface area (Å²) in [6.45, 7) is 13.0. The topological polar surface area (TPSA) is 72.8 Å². The number of aliphatic hydroxyl groups excluding tert-OH is 1. The lowest BCUT2D eigenvalue weighted by molar-refractivity contribution is -0.231. The van der Waals surface area contributed by atoms with Gasteiger partial charge in [-0.2, -0.15) is 0 Å². The zero-order chi connectivity index (χ0) is 24.0. The van der Waals surface area contributed by atoms with Gasteiger partial charge in [-0.1, -0.05) is 40.2 Å². The molecule has 1 N–H and O–H groups in total. The first kappa shape index (κ1) is 23.4. The van der Waals surface area contributed by atoms with Crippen molar-refractivity contribution in [1.29, 1.82) is 0 Å². The molecule has 5 nitrogen and oxygen atoms in total. The van der Waals surface area contributed by atoms with Crippen molar-refractivity contribution < 1.29 is 24.2 Å². The van der Waals surface area contributed by atoms with E-state index in [1.54, 1.807) is 0 Å². The van der Waals surface area contributed by atoms with Crippen molar-refractivity contribution in [2.75, 3.05) is 6.61 Å². The zero-order valence-electron chi connectivity index (χ0n) is 21.3. The van der Waals surface area contributed by atoms with E-state index < -0.39 is 6.10 Å². The molecule has 5 heteroatoms. The van der Waals surface area contributed by atoms with Crippen molar-refractivity contribution in [3.05, 3.63) is 11.6 Å². The molecular weight excluding hydrogens is 416 g/mol. The second-order valence-corrected chi connectivity index (χ2v) is 13.1. The third-order valence-electron chi connectivity index (χ3n) is 11.4. The van der Waals surface area contributed by atoms with Crippen LogP contribution in [0.15, 0.2) is 11.6 Å². The Hall–Kier alpha value is -1.36. The molecule has 4 aliphatic carbocycles. The van der Waals surface area contributed by atoms with E-state index in [0.717, 1.165) is 44.1 Å². The van der Waals surface area contributed by atoms with Gasteiger partial charge in [-0.05, 0) is 79.6 Å². The van der Waals surface area contributed by atoms with Crippen molar-refractivity contribution in [2.24, 2.45) is 45.3 Å². The third-order valence-corrected chi connectivity index (χ3v) is 11.4. The highest BCUT2D eigenvalue weighted by Gasteiger charge is 2.73. The van der Waals surface area contributed by atoms with Crippen LogP contribution in [0.3, 0.4) is 0 Å². The highest BCUT2D eigenvalue weighted by atomic mass is 16.6. The average Bonchev–Trinajstić information content (AvgIpc) is 2.98. The Balaban J connectivity index is 1.59. The number of esters is 2. The normalized spacial score (nSPS) is 48.5. The summed E-state index contributed by atoms with van der Waals surface area (Å²) in [5.74, 6) is 0.351. The van der Waals surface area contributed by atoms with Crippen LogP contribution in [0.4, 0.5) is 0 Å². The molecule has 1 saturated heterocycles. The molecule has 1 heterocycles. The van der Waals surface area contributed by atoms with Crippen molar-refractivity contribution >= 4 is 11.9 Å². The van der Waals surface area contributed by atoms with Gasteiger partial charge in [0.05, 0.1) is 5.92 Å². The van der Waals surface area contributed by atoms with E-state index in [1.807, 2.05) is 6.92 Å². The number of hydrogen-bond donors (Lipinski definition) is 1. The van der Waals surface area contributed by atoms with Crippen LogP contribution in [0.5, 0.6) is 0 Å².